The van der Waals surface area contributed by atoms with Crippen LogP contribution in [0.2, 0.25) is 20.1 Å². The van der Waals surface area contributed by atoms with Crippen molar-refractivity contribution in [1.29, 1.82) is 0 Å². The van der Waals surface area contributed by atoms with Gasteiger partial charge in [-0.15, -0.1) is 0 Å². The van der Waals surface area contributed by atoms with Gasteiger partial charge in [-0.25, -0.2) is 0 Å². The van der Waals surface area contributed by atoms with E-state index in [1.807, 2.05) is 109 Å². The van der Waals surface area contributed by atoms with Gasteiger partial charge in [-0.2, -0.15) is 0 Å². The highest BCUT2D eigenvalue weighted by molar-refractivity contribution is 6.32. The average Bonchev–Trinajstić information content (AvgIpc) is 3.62. The molecule has 0 bridgehead atoms. The highest BCUT2D eigenvalue weighted by atomic mass is 35.5. The number of fused-ring (bicyclic) bond motifs is 4. The van der Waals surface area contributed by atoms with Crippen LogP contribution in [0.5, 0.6) is 11.5 Å². The predicted octanol–water partition coefficient (Wildman–Crippen LogP) is 14.5. The van der Waals surface area contributed by atoms with Crippen molar-refractivity contribution in [1.82, 2.24) is 0 Å². The molecule has 0 aromatic heterocycles. The zero-order valence-corrected chi connectivity index (χ0v) is 41.3. The van der Waals surface area contributed by atoms with Gasteiger partial charge in [-0.1, -0.05) is 101 Å². The summed E-state index contributed by atoms with van der Waals surface area (Å²) in [5.74, 6) is 0.117. The molecule has 12 nitrogen and oxygen atoms in total. The number of nitro benzene ring substituents is 2. The SMILES string of the molecule is COc1ccc2c(c1)CN(C(=O)c1ccc([N+](=O)[O-])cc1)c1ccc(Cl)cc1C2c1ccccc1Cl.COc1cccc2c1C(c1ccccc1Cl)c1cc(Cl)ccc1N(C(=O)c1ccc([N+](=O)[O-])cc1)C2. The third kappa shape index (κ3) is 9.69. The summed E-state index contributed by atoms with van der Waals surface area (Å²) in [5, 5.41) is 24.4. The molecule has 0 aliphatic carbocycles. The lowest BCUT2D eigenvalue weighted by Crippen LogP contribution is -2.30. The van der Waals surface area contributed by atoms with Crippen LogP contribution in [0.4, 0.5) is 22.7 Å². The van der Waals surface area contributed by atoms with Gasteiger partial charge in [0, 0.05) is 84.3 Å². The largest absolute Gasteiger partial charge is 0.497 e. The van der Waals surface area contributed by atoms with Crippen molar-refractivity contribution in [3.05, 3.63) is 266 Å². The summed E-state index contributed by atoms with van der Waals surface area (Å²) in [6, 6.07) is 48.8. The lowest BCUT2D eigenvalue weighted by molar-refractivity contribution is -0.385. The number of rotatable bonds is 8. The number of nitrogens with zero attached hydrogens (tertiary/aromatic N) is 4. The van der Waals surface area contributed by atoms with E-state index in [2.05, 4.69) is 0 Å². The van der Waals surface area contributed by atoms with Crippen molar-refractivity contribution in [3.63, 3.8) is 0 Å². The highest BCUT2D eigenvalue weighted by Gasteiger charge is 2.36. The van der Waals surface area contributed by atoms with Crippen molar-refractivity contribution in [3.8, 4) is 11.5 Å². The second-order valence-electron chi connectivity index (χ2n) is 16.8. The molecule has 2 aliphatic heterocycles. The number of ether oxygens (including phenoxy) is 2. The van der Waals surface area contributed by atoms with Crippen molar-refractivity contribution in [2.45, 2.75) is 24.9 Å². The third-order valence-electron chi connectivity index (χ3n) is 12.7. The Labute approximate surface area is 433 Å². The number of methoxy groups -OCH3 is 2. The summed E-state index contributed by atoms with van der Waals surface area (Å²) in [7, 11) is 3.21. The number of carbonyl (C=O) groups excluding carboxylic acids is 2. The van der Waals surface area contributed by atoms with Crippen molar-refractivity contribution >= 4 is 81.0 Å². The number of nitro groups is 2. The van der Waals surface area contributed by atoms with Gasteiger partial charge in [0.2, 0.25) is 0 Å². The first kappa shape index (κ1) is 49.2. The first-order chi connectivity index (χ1) is 34.8. The molecule has 72 heavy (non-hydrogen) atoms. The first-order valence-corrected chi connectivity index (χ1v) is 23.8. The Kier molecular flexibility index (Phi) is 14.3. The molecule has 0 fully saturated rings. The number of non-ortho nitro benzene ring substituents is 2. The Morgan fingerprint density at radius 3 is 1.47 bits per heavy atom. The summed E-state index contributed by atoms with van der Waals surface area (Å²) in [4.78, 5) is 52.2. The monoisotopic (exact) mass is 1040 g/mol. The maximum atomic E-state index is 13.8. The van der Waals surface area contributed by atoms with Crippen LogP contribution in [-0.4, -0.2) is 35.9 Å². The van der Waals surface area contributed by atoms with Crippen LogP contribution in [0.15, 0.2) is 170 Å². The van der Waals surface area contributed by atoms with Gasteiger partial charge in [0.25, 0.3) is 23.2 Å². The van der Waals surface area contributed by atoms with Gasteiger partial charge in [-0.3, -0.25) is 29.8 Å². The molecule has 2 heterocycles. The van der Waals surface area contributed by atoms with Crippen LogP contribution >= 0.6 is 46.4 Å². The standard InChI is InChI=1S/2C28H20Cl2N2O4/c1-36-25-8-4-5-18-16-31(28(33)17-9-12-20(13-10-17)32(34)35)24-14-11-19(29)15-22(24)27(26(18)25)21-6-2-3-7-23(21)30;1-36-21-11-12-22-18(14-21)16-31(28(33)17-6-9-20(10-7-17)32(34)35)26-13-8-19(29)15-24(26)27(22)23-4-2-3-5-25(23)30/h2*2-15,27H,16H2,1H3. The summed E-state index contributed by atoms with van der Waals surface area (Å²) >= 11 is 26.3. The number of anilines is 2. The van der Waals surface area contributed by atoms with Crippen LogP contribution in [-0.2, 0) is 13.1 Å². The zero-order valence-electron chi connectivity index (χ0n) is 38.3. The summed E-state index contributed by atoms with van der Waals surface area (Å²) in [6.45, 7) is 0.524. The van der Waals surface area contributed by atoms with Crippen LogP contribution in [0.25, 0.3) is 0 Å². The normalized spacial score (nSPS) is 14.4. The van der Waals surface area contributed by atoms with Crippen LogP contribution < -0.4 is 19.3 Å². The molecule has 2 amide bonds. The Hall–Kier alpha value is -7.74. The lowest BCUT2D eigenvalue weighted by Gasteiger charge is -2.25. The maximum Gasteiger partial charge on any atom is 0.269 e. The molecule has 8 aromatic rings. The molecule has 0 saturated heterocycles. The molecule has 0 spiro atoms. The second-order valence-corrected chi connectivity index (χ2v) is 18.5. The number of hydrogen-bond acceptors (Lipinski definition) is 8. The molecule has 16 heteroatoms. The Balaban J connectivity index is 0.000000178. The van der Waals surface area contributed by atoms with E-state index in [0.29, 0.717) is 54.1 Å². The van der Waals surface area contributed by atoms with E-state index in [0.717, 1.165) is 44.5 Å². The van der Waals surface area contributed by atoms with E-state index in [1.54, 1.807) is 36.2 Å². The van der Waals surface area contributed by atoms with E-state index < -0.39 is 9.85 Å². The molecular formula is C56H40Cl4N4O8. The Morgan fingerprint density at radius 2 is 0.986 bits per heavy atom. The average molecular weight is 1040 g/mol. The fourth-order valence-electron chi connectivity index (χ4n) is 9.40. The summed E-state index contributed by atoms with van der Waals surface area (Å²) in [5.41, 5.74) is 8.90. The molecule has 0 radical (unpaired) electrons. The van der Waals surface area contributed by atoms with E-state index in [9.17, 15) is 29.8 Å². The molecule has 2 atom stereocenters. The van der Waals surface area contributed by atoms with Crippen molar-refractivity contribution in [2.75, 3.05) is 24.0 Å². The minimum absolute atomic E-state index is 0.0801. The van der Waals surface area contributed by atoms with Gasteiger partial charge < -0.3 is 19.3 Å². The minimum Gasteiger partial charge on any atom is -0.497 e. The van der Waals surface area contributed by atoms with Gasteiger partial charge in [0.15, 0.2) is 0 Å². The highest BCUT2D eigenvalue weighted by Crippen LogP contribution is 2.49. The quantitative estimate of drug-likeness (QED) is 0.108. The topological polar surface area (TPSA) is 145 Å². The predicted molar refractivity (Wildman–Crippen MR) is 281 cm³/mol. The Bertz CT molecular complexity index is 3360. The molecule has 8 aromatic carbocycles. The second kappa shape index (κ2) is 20.9. The summed E-state index contributed by atoms with van der Waals surface area (Å²) in [6.07, 6.45) is 0. The number of benzene rings is 8. The van der Waals surface area contributed by atoms with Crippen LogP contribution in [0, 0.1) is 20.2 Å². The number of amides is 2. The van der Waals surface area contributed by atoms with E-state index in [-0.39, 0.29) is 48.1 Å². The first-order valence-electron chi connectivity index (χ1n) is 22.3. The number of hydrogen-bond donors (Lipinski definition) is 0. The van der Waals surface area contributed by atoms with Gasteiger partial charge in [-0.05, 0) is 130 Å². The zero-order chi connectivity index (χ0) is 50.8. The van der Waals surface area contributed by atoms with E-state index in [1.165, 1.54) is 48.5 Å². The van der Waals surface area contributed by atoms with Crippen molar-refractivity contribution < 1.29 is 28.9 Å². The molecule has 360 valence electrons. The molecule has 0 saturated carbocycles. The maximum absolute atomic E-state index is 13.8. The minimum atomic E-state index is -0.492. The number of halogens is 4. The Morgan fingerprint density at radius 1 is 0.500 bits per heavy atom. The fraction of sp³-hybridized carbons (Fsp3) is 0.107. The lowest BCUT2D eigenvalue weighted by atomic mass is 9.82. The van der Waals surface area contributed by atoms with E-state index >= 15 is 0 Å². The van der Waals surface area contributed by atoms with E-state index in [4.69, 9.17) is 55.9 Å². The molecule has 2 unspecified atom stereocenters. The fourth-order valence-corrected chi connectivity index (χ4v) is 10.3. The smallest absolute Gasteiger partial charge is 0.269 e. The molecular weight excluding hydrogens is 998 g/mol. The molecule has 2 aliphatic rings. The molecule has 0 N–H and O–H groups in total. The number of carbonyl (C=O) groups is 2. The van der Waals surface area contributed by atoms with Gasteiger partial charge >= 0.3 is 0 Å². The molecule has 10 rings (SSSR count). The van der Waals surface area contributed by atoms with Crippen LogP contribution in [0.3, 0.4) is 0 Å². The summed E-state index contributed by atoms with van der Waals surface area (Å²) < 4.78 is 11.3. The van der Waals surface area contributed by atoms with Gasteiger partial charge in [0.05, 0.1) is 37.2 Å². The van der Waals surface area contributed by atoms with Crippen molar-refractivity contribution in [2.24, 2.45) is 0 Å². The van der Waals surface area contributed by atoms with Crippen LogP contribution in [0.1, 0.15) is 77.1 Å². The third-order valence-corrected chi connectivity index (χ3v) is 13.9. The van der Waals surface area contributed by atoms with Gasteiger partial charge in [0.1, 0.15) is 11.5 Å².